The van der Waals surface area contributed by atoms with Crippen LogP contribution in [0.15, 0.2) is 0 Å². The highest BCUT2D eigenvalue weighted by Crippen LogP contribution is 2.92. The number of hydrogen-bond acceptors (Lipinski definition) is 1. The number of fused-ring (bicyclic) bond motifs is 1. The van der Waals surface area contributed by atoms with Gasteiger partial charge in [0.05, 0.1) is 0 Å². The summed E-state index contributed by atoms with van der Waals surface area (Å²) in [6.07, 6.45) is 6.29. The van der Waals surface area contributed by atoms with Crippen molar-refractivity contribution < 1.29 is 0 Å². The highest BCUT2D eigenvalue weighted by Gasteiger charge is 2.96. The Bertz CT molecular complexity index is 468. The SMILES string of the molecule is CCC1CC#CCC2(C3CC3)C3(C)C1C(C)C32N. The van der Waals surface area contributed by atoms with Crippen LogP contribution in [0.4, 0.5) is 0 Å². The minimum Gasteiger partial charge on any atom is -0.324 e. The van der Waals surface area contributed by atoms with Crippen LogP contribution in [-0.2, 0) is 0 Å². The zero-order chi connectivity index (χ0) is 12.8. The molecule has 1 heteroatoms. The van der Waals surface area contributed by atoms with Crippen LogP contribution in [-0.4, -0.2) is 5.54 Å². The van der Waals surface area contributed by atoms with E-state index in [1.165, 1.54) is 19.3 Å². The third-order valence-corrected chi connectivity index (χ3v) is 7.55. The molecule has 18 heavy (non-hydrogen) atoms. The second-order valence-corrected chi connectivity index (χ2v) is 7.53. The monoisotopic (exact) mass is 243 g/mol. The average Bonchev–Trinajstić information content (AvgIpc) is 3.23. The van der Waals surface area contributed by atoms with Crippen LogP contribution in [0.5, 0.6) is 0 Å². The quantitative estimate of drug-likeness (QED) is 0.741. The predicted molar refractivity (Wildman–Crippen MR) is 73.6 cm³/mol. The lowest BCUT2D eigenvalue weighted by atomic mass is 9.56. The Kier molecular flexibility index (Phi) is 1.88. The highest BCUT2D eigenvalue weighted by atomic mass is 15.1. The number of nitrogens with two attached hydrogens (primary N) is 1. The van der Waals surface area contributed by atoms with E-state index in [4.69, 9.17) is 5.73 Å². The molecule has 3 saturated carbocycles. The fraction of sp³-hybridized carbons (Fsp3) is 0.882. The van der Waals surface area contributed by atoms with Gasteiger partial charge in [-0.2, -0.15) is 0 Å². The molecule has 98 valence electrons. The lowest BCUT2D eigenvalue weighted by Crippen LogP contribution is -2.56. The van der Waals surface area contributed by atoms with Crippen molar-refractivity contribution in [2.75, 3.05) is 0 Å². The van der Waals surface area contributed by atoms with Gasteiger partial charge in [0.1, 0.15) is 0 Å². The lowest BCUT2D eigenvalue weighted by molar-refractivity contribution is 0.00875. The number of rotatable bonds is 2. The van der Waals surface area contributed by atoms with Crippen molar-refractivity contribution in [1.29, 1.82) is 0 Å². The van der Waals surface area contributed by atoms with E-state index in [9.17, 15) is 0 Å². The van der Waals surface area contributed by atoms with Crippen molar-refractivity contribution >= 4 is 0 Å². The highest BCUT2D eigenvalue weighted by molar-refractivity contribution is 5.49. The van der Waals surface area contributed by atoms with E-state index in [1.807, 2.05) is 0 Å². The molecular formula is C17H25N. The van der Waals surface area contributed by atoms with E-state index in [0.29, 0.717) is 16.7 Å². The summed E-state index contributed by atoms with van der Waals surface area (Å²) in [5.74, 6) is 10.2. The molecule has 3 fully saturated rings. The zero-order valence-corrected chi connectivity index (χ0v) is 11.9. The van der Waals surface area contributed by atoms with Crippen molar-refractivity contribution in [3.8, 4) is 11.8 Å². The van der Waals surface area contributed by atoms with Crippen molar-refractivity contribution in [2.45, 2.75) is 58.4 Å². The van der Waals surface area contributed by atoms with Gasteiger partial charge in [0.2, 0.25) is 0 Å². The fourth-order valence-corrected chi connectivity index (χ4v) is 6.68. The van der Waals surface area contributed by atoms with Crippen LogP contribution >= 0.6 is 0 Å². The predicted octanol–water partition coefficient (Wildman–Crippen LogP) is 3.19. The molecule has 6 unspecified atom stereocenters. The van der Waals surface area contributed by atoms with Crippen LogP contribution < -0.4 is 5.73 Å². The summed E-state index contributed by atoms with van der Waals surface area (Å²) in [5, 5.41) is 0. The van der Waals surface area contributed by atoms with Gasteiger partial charge in [0.25, 0.3) is 0 Å². The molecule has 0 aliphatic heterocycles. The average molecular weight is 243 g/mol. The third kappa shape index (κ3) is 0.811. The molecule has 1 nitrogen and oxygen atoms in total. The van der Waals surface area contributed by atoms with E-state index in [1.54, 1.807) is 0 Å². The molecule has 0 spiro atoms. The van der Waals surface area contributed by atoms with E-state index < -0.39 is 0 Å². The standard InChI is InChI=1S/C17H25N/c1-4-12-7-5-6-10-16(13-8-9-13)15(3)14(12)11(2)17(15,16)18/h11-14H,4,7-10,18H2,1-3H3. The van der Waals surface area contributed by atoms with Crippen LogP contribution in [0.2, 0.25) is 0 Å². The minimum absolute atomic E-state index is 0.123. The van der Waals surface area contributed by atoms with Crippen molar-refractivity contribution in [3.05, 3.63) is 0 Å². The topological polar surface area (TPSA) is 26.0 Å². The van der Waals surface area contributed by atoms with E-state index in [-0.39, 0.29) is 5.54 Å². The maximum atomic E-state index is 6.92. The molecule has 0 heterocycles. The summed E-state index contributed by atoms with van der Waals surface area (Å²) in [7, 11) is 0. The Balaban J connectivity index is 1.83. The molecule has 0 aromatic carbocycles. The van der Waals surface area contributed by atoms with Crippen LogP contribution in [0, 0.1) is 46.3 Å². The van der Waals surface area contributed by atoms with Gasteiger partial charge in [-0.15, -0.1) is 11.8 Å². The first-order chi connectivity index (χ1) is 8.55. The van der Waals surface area contributed by atoms with Gasteiger partial charge >= 0.3 is 0 Å². The Hall–Kier alpha value is -0.480. The molecule has 0 amide bonds. The summed E-state index contributed by atoms with van der Waals surface area (Å²) in [4.78, 5) is 0. The largest absolute Gasteiger partial charge is 0.324 e. The van der Waals surface area contributed by atoms with Crippen molar-refractivity contribution in [3.63, 3.8) is 0 Å². The molecule has 6 atom stereocenters. The summed E-state index contributed by atoms with van der Waals surface area (Å²) in [5.41, 5.74) is 7.85. The Morgan fingerprint density at radius 1 is 1.28 bits per heavy atom. The molecule has 2 N–H and O–H groups in total. The van der Waals surface area contributed by atoms with Gasteiger partial charge < -0.3 is 5.73 Å². The molecular weight excluding hydrogens is 218 g/mol. The maximum absolute atomic E-state index is 6.92. The zero-order valence-electron chi connectivity index (χ0n) is 11.9. The summed E-state index contributed by atoms with van der Waals surface area (Å²) < 4.78 is 0. The molecule has 0 saturated heterocycles. The molecule has 0 bridgehead atoms. The molecule has 4 rings (SSSR count). The summed E-state index contributed by atoms with van der Waals surface area (Å²) in [6.45, 7) is 7.26. The van der Waals surface area contributed by atoms with Gasteiger partial charge in [-0.25, -0.2) is 0 Å². The molecule has 4 aliphatic carbocycles. The Morgan fingerprint density at radius 2 is 2.00 bits per heavy atom. The number of hydrogen-bond donors (Lipinski definition) is 1. The first kappa shape index (κ1) is 11.4. The van der Waals surface area contributed by atoms with Crippen LogP contribution in [0.3, 0.4) is 0 Å². The molecule has 0 aromatic heterocycles. The molecule has 0 radical (unpaired) electrons. The second kappa shape index (κ2) is 2.98. The second-order valence-electron chi connectivity index (χ2n) is 7.53. The molecule has 0 aromatic rings. The van der Waals surface area contributed by atoms with Gasteiger partial charge in [-0.1, -0.05) is 27.2 Å². The van der Waals surface area contributed by atoms with E-state index in [2.05, 4.69) is 32.6 Å². The summed E-state index contributed by atoms with van der Waals surface area (Å²) in [6, 6.07) is 0. The lowest BCUT2D eigenvalue weighted by Gasteiger charge is -2.50. The van der Waals surface area contributed by atoms with Gasteiger partial charge in [0.15, 0.2) is 0 Å². The van der Waals surface area contributed by atoms with Gasteiger partial charge in [0, 0.05) is 23.8 Å². The Morgan fingerprint density at radius 3 is 2.61 bits per heavy atom. The molecule has 4 aliphatic rings. The first-order valence-electron chi connectivity index (χ1n) is 7.80. The van der Waals surface area contributed by atoms with Crippen LogP contribution in [0.1, 0.15) is 52.9 Å². The summed E-state index contributed by atoms with van der Waals surface area (Å²) >= 11 is 0. The minimum atomic E-state index is 0.123. The first-order valence-corrected chi connectivity index (χ1v) is 7.80. The Labute approximate surface area is 111 Å². The van der Waals surface area contributed by atoms with Crippen molar-refractivity contribution in [1.82, 2.24) is 0 Å². The normalized spacial score (nSPS) is 60.6. The van der Waals surface area contributed by atoms with E-state index in [0.717, 1.165) is 30.6 Å². The van der Waals surface area contributed by atoms with Gasteiger partial charge in [-0.3, -0.25) is 0 Å². The maximum Gasteiger partial charge on any atom is 0.0322 e. The van der Waals surface area contributed by atoms with E-state index >= 15 is 0 Å². The van der Waals surface area contributed by atoms with Crippen molar-refractivity contribution in [2.24, 2.45) is 40.2 Å². The smallest absolute Gasteiger partial charge is 0.0322 e. The van der Waals surface area contributed by atoms with Crippen LogP contribution in [0.25, 0.3) is 0 Å². The van der Waals surface area contributed by atoms with Gasteiger partial charge in [-0.05, 0) is 41.9 Å². The fourth-order valence-electron chi connectivity index (χ4n) is 6.68. The third-order valence-electron chi connectivity index (χ3n) is 7.55.